The van der Waals surface area contributed by atoms with E-state index in [0.29, 0.717) is 5.92 Å². The van der Waals surface area contributed by atoms with E-state index in [-0.39, 0.29) is 18.2 Å². The van der Waals surface area contributed by atoms with E-state index in [1.807, 2.05) is 0 Å². The summed E-state index contributed by atoms with van der Waals surface area (Å²) in [5.41, 5.74) is 28.3. The van der Waals surface area contributed by atoms with Gasteiger partial charge in [0.15, 0.2) is 0 Å². The Morgan fingerprint density at radius 1 is 0.400 bits per heavy atom. The first-order valence-electron chi connectivity index (χ1n) is 25.3. The zero-order valence-corrected chi connectivity index (χ0v) is 43.5. The summed E-state index contributed by atoms with van der Waals surface area (Å²) in [5, 5.41) is 0. The van der Waals surface area contributed by atoms with Gasteiger partial charge < -0.3 is 19.6 Å². The molecule has 4 heterocycles. The molecule has 2 aliphatic rings. The van der Waals surface area contributed by atoms with Crippen LogP contribution in [0.4, 0.5) is 45.5 Å². The molecule has 3 atom stereocenters. The molecule has 0 N–H and O–H groups in total. The lowest BCUT2D eigenvalue weighted by atomic mass is 9.86. The van der Waals surface area contributed by atoms with Crippen molar-refractivity contribution in [2.75, 3.05) is 19.6 Å². The number of hydrogen-bond acceptors (Lipinski definition) is 6. The van der Waals surface area contributed by atoms with Crippen LogP contribution in [0.1, 0.15) is 108 Å². The third kappa shape index (κ3) is 7.82. The quantitative estimate of drug-likeness (QED) is 0.136. The lowest BCUT2D eigenvalue weighted by Crippen LogP contribution is -2.37. The molecule has 2 aromatic heterocycles. The summed E-state index contributed by atoms with van der Waals surface area (Å²) in [7, 11) is 0. The molecule has 10 rings (SSSR count). The first-order chi connectivity index (χ1) is 33.6. The molecule has 70 heavy (non-hydrogen) atoms. The minimum Gasteiger partial charge on any atom is -0.318 e. The summed E-state index contributed by atoms with van der Waals surface area (Å²) in [6.07, 6.45) is 5.20. The molecule has 0 aliphatic carbocycles. The summed E-state index contributed by atoms with van der Waals surface area (Å²) < 4.78 is 0. The highest BCUT2D eigenvalue weighted by molar-refractivity contribution is 5.92. The molecular formula is C64H68N6. The van der Waals surface area contributed by atoms with Gasteiger partial charge in [0.25, 0.3) is 0 Å². The van der Waals surface area contributed by atoms with Crippen molar-refractivity contribution in [3.8, 4) is 22.5 Å². The van der Waals surface area contributed by atoms with Crippen LogP contribution in [0.2, 0.25) is 0 Å². The fraction of sp³-hybridized carbons (Fsp3) is 0.281. The van der Waals surface area contributed by atoms with E-state index in [9.17, 15) is 0 Å². The molecule has 0 bridgehead atoms. The van der Waals surface area contributed by atoms with E-state index < -0.39 is 0 Å². The van der Waals surface area contributed by atoms with Crippen LogP contribution in [-0.4, -0.2) is 22.3 Å². The molecule has 0 spiro atoms. The molecular weight excluding hydrogens is 853 g/mol. The highest BCUT2D eigenvalue weighted by atomic mass is 15.4. The Morgan fingerprint density at radius 3 is 1.26 bits per heavy atom. The average molecular weight is 921 g/mol. The largest absolute Gasteiger partial charge is 0.318 e. The number of nitrogens with zero attached hydrogens (tertiary/aromatic N) is 6. The zero-order valence-electron chi connectivity index (χ0n) is 43.5. The number of pyridine rings is 2. The van der Waals surface area contributed by atoms with Gasteiger partial charge in [0, 0.05) is 16.8 Å². The van der Waals surface area contributed by atoms with E-state index in [2.05, 4.69) is 249 Å². The highest BCUT2D eigenvalue weighted by Gasteiger charge is 2.39. The molecule has 0 amide bonds. The Labute approximate surface area is 417 Å². The molecule has 6 nitrogen and oxygen atoms in total. The van der Waals surface area contributed by atoms with E-state index in [1.54, 1.807) is 0 Å². The van der Waals surface area contributed by atoms with Crippen molar-refractivity contribution >= 4 is 45.5 Å². The molecule has 6 heteroatoms. The second-order valence-electron chi connectivity index (χ2n) is 20.6. The molecule has 354 valence electrons. The van der Waals surface area contributed by atoms with Crippen molar-refractivity contribution in [1.82, 2.24) is 9.97 Å². The zero-order chi connectivity index (χ0) is 49.3. The predicted molar refractivity (Wildman–Crippen MR) is 297 cm³/mol. The Balaban J connectivity index is 0.953. The maximum atomic E-state index is 5.25. The van der Waals surface area contributed by atoms with Gasteiger partial charge in [-0.25, -0.2) is 0 Å². The smallest absolute Gasteiger partial charge is 0.108 e. The summed E-state index contributed by atoms with van der Waals surface area (Å²) in [6, 6.07) is 47.2. The number of benzene rings is 6. The maximum Gasteiger partial charge on any atom is 0.108 e. The molecule has 6 aromatic carbocycles. The number of aryl methyl sites for hydroxylation is 8. The molecule has 0 saturated heterocycles. The Bertz CT molecular complexity index is 3250. The summed E-state index contributed by atoms with van der Waals surface area (Å²) in [6.45, 7) is 29.5. The molecule has 0 radical (unpaired) electrons. The molecule has 0 saturated carbocycles. The fourth-order valence-corrected chi connectivity index (χ4v) is 12.1. The minimum atomic E-state index is 0.0144. The molecule has 0 fully saturated rings. The molecule has 8 aromatic rings. The highest BCUT2D eigenvalue weighted by Crippen LogP contribution is 2.53. The number of hydrogen-bond donors (Lipinski definition) is 0. The van der Waals surface area contributed by atoms with Gasteiger partial charge in [0.2, 0.25) is 0 Å². The number of fused-ring (bicyclic) bond motifs is 2. The van der Waals surface area contributed by atoms with Crippen LogP contribution in [0.3, 0.4) is 0 Å². The topological polar surface area (TPSA) is 38.7 Å². The van der Waals surface area contributed by atoms with Crippen molar-refractivity contribution in [3.05, 3.63) is 201 Å². The second-order valence-corrected chi connectivity index (χ2v) is 20.6. The van der Waals surface area contributed by atoms with Gasteiger partial charge in [0.05, 0.1) is 63.6 Å². The van der Waals surface area contributed by atoms with Gasteiger partial charge in [-0.2, -0.15) is 0 Å². The van der Waals surface area contributed by atoms with Crippen molar-refractivity contribution < 1.29 is 0 Å². The Morgan fingerprint density at radius 2 is 0.800 bits per heavy atom. The summed E-state index contributed by atoms with van der Waals surface area (Å²) in [5.74, 6) is 0.584. The van der Waals surface area contributed by atoms with E-state index in [1.165, 1.54) is 106 Å². The molecule has 2 aliphatic heterocycles. The SMILES string of the molecule is Cc1cc(-c2c(C)cc(CC(C)c3cccc(C(C)C)c3N3c4ccccc4N(c4cnc(-c5c(C)cccc5C)cc4C)[C@@H]3C)cc2C)ncc1N1c2ccccc2N(c2c(C)cccc2C)[C@H]1C. The van der Waals surface area contributed by atoms with Crippen LogP contribution in [-0.2, 0) is 6.42 Å². The van der Waals surface area contributed by atoms with Crippen molar-refractivity contribution in [2.45, 2.75) is 121 Å². The fourth-order valence-electron chi connectivity index (χ4n) is 12.1. The average Bonchev–Trinajstić information content (AvgIpc) is 3.77. The number of para-hydroxylation sites is 6. The summed E-state index contributed by atoms with van der Waals surface area (Å²) >= 11 is 0. The van der Waals surface area contributed by atoms with Crippen LogP contribution < -0.4 is 19.6 Å². The van der Waals surface area contributed by atoms with Gasteiger partial charge in [-0.3, -0.25) is 9.97 Å². The Kier molecular flexibility index (Phi) is 12.2. The van der Waals surface area contributed by atoms with Crippen LogP contribution in [0.5, 0.6) is 0 Å². The van der Waals surface area contributed by atoms with Crippen molar-refractivity contribution in [1.29, 1.82) is 0 Å². The van der Waals surface area contributed by atoms with Crippen LogP contribution in [0.15, 0.2) is 140 Å². The lowest BCUT2D eigenvalue weighted by molar-refractivity contribution is 0.716. The second kappa shape index (κ2) is 18.3. The standard InChI is InChI=1S/C64H68N6/c1-38(2)51-25-20-26-52(64(51)70-49(13)68(56-28-15-17-30-58(56)70)60-36-65-53(34-44(60)8)61-39(3)21-18-22-40(61)4)43(7)31-50-32-46(10)62(47(11)33-50)54-35-45(9)59(37-66-54)67-48(12)69(57-29-16-14-27-55(57)67)63-41(5)23-19-24-42(63)6/h14-30,32-38,43,48-49H,31H2,1-13H3/t43?,48-,49-/m0/s1. The van der Waals surface area contributed by atoms with Gasteiger partial charge in [-0.15, -0.1) is 0 Å². The van der Waals surface area contributed by atoms with Gasteiger partial charge in [-0.1, -0.05) is 112 Å². The van der Waals surface area contributed by atoms with E-state index in [0.717, 1.165) is 29.2 Å². The van der Waals surface area contributed by atoms with Gasteiger partial charge in [-0.05, 0) is 185 Å². The third-order valence-electron chi connectivity index (χ3n) is 15.3. The van der Waals surface area contributed by atoms with Gasteiger partial charge >= 0.3 is 0 Å². The maximum absolute atomic E-state index is 5.25. The first-order valence-corrected chi connectivity index (χ1v) is 25.3. The van der Waals surface area contributed by atoms with Crippen molar-refractivity contribution in [3.63, 3.8) is 0 Å². The normalized spacial score (nSPS) is 15.8. The number of aromatic nitrogens is 2. The summed E-state index contributed by atoms with van der Waals surface area (Å²) in [4.78, 5) is 20.4. The van der Waals surface area contributed by atoms with Gasteiger partial charge in [0.1, 0.15) is 12.3 Å². The van der Waals surface area contributed by atoms with Crippen LogP contribution in [0, 0.1) is 55.4 Å². The number of rotatable bonds is 10. The third-order valence-corrected chi connectivity index (χ3v) is 15.3. The van der Waals surface area contributed by atoms with Crippen LogP contribution >= 0.6 is 0 Å². The van der Waals surface area contributed by atoms with E-state index in [4.69, 9.17) is 9.97 Å². The first kappa shape index (κ1) is 46.5. The predicted octanol–water partition coefficient (Wildman–Crippen LogP) is 17.0. The number of anilines is 8. The monoisotopic (exact) mass is 921 g/mol. The van der Waals surface area contributed by atoms with Crippen molar-refractivity contribution in [2.24, 2.45) is 0 Å². The van der Waals surface area contributed by atoms with Crippen LogP contribution in [0.25, 0.3) is 22.5 Å². The lowest BCUT2D eigenvalue weighted by Gasteiger charge is -2.35. The minimum absolute atomic E-state index is 0.0144. The molecule has 1 unspecified atom stereocenters. The Hall–Kier alpha value is -7.18. The van der Waals surface area contributed by atoms with E-state index >= 15 is 0 Å².